The Labute approximate surface area is 183 Å². The van der Waals surface area contributed by atoms with Gasteiger partial charge in [-0.15, -0.1) is 0 Å². The average molecular weight is 420 g/mol. The molecule has 0 radical (unpaired) electrons. The van der Waals surface area contributed by atoms with Gasteiger partial charge < -0.3 is 4.90 Å². The fraction of sp³-hybridized carbons (Fsp3) is 0.360. The monoisotopic (exact) mass is 419 g/mol. The van der Waals surface area contributed by atoms with Crippen LogP contribution in [0.4, 0.5) is 11.4 Å². The number of hydrogen-bond donors (Lipinski definition) is 0. The van der Waals surface area contributed by atoms with Crippen LogP contribution in [0.2, 0.25) is 0 Å². The number of amides is 1. The third-order valence-electron chi connectivity index (χ3n) is 6.14. The fourth-order valence-electron chi connectivity index (χ4n) is 4.32. The van der Waals surface area contributed by atoms with Crippen molar-refractivity contribution < 1.29 is 4.79 Å². The first-order valence-electron chi connectivity index (χ1n) is 10.5. The summed E-state index contributed by atoms with van der Waals surface area (Å²) in [5.41, 5.74) is 4.72. The van der Waals surface area contributed by atoms with Gasteiger partial charge in [0.05, 0.1) is 10.6 Å². The Hall–Kier alpha value is -2.53. The van der Waals surface area contributed by atoms with E-state index in [4.69, 9.17) is 4.99 Å². The highest BCUT2D eigenvalue weighted by molar-refractivity contribution is 8.18. The molecular formula is C25H29N3OS. The van der Waals surface area contributed by atoms with Crippen LogP contribution in [0.25, 0.3) is 6.08 Å². The third kappa shape index (κ3) is 3.79. The van der Waals surface area contributed by atoms with Crippen LogP contribution in [0.3, 0.4) is 0 Å². The molecule has 0 bridgehead atoms. The van der Waals surface area contributed by atoms with E-state index < -0.39 is 0 Å². The number of benzene rings is 2. The molecular weight excluding hydrogens is 390 g/mol. The molecule has 1 saturated heterocycles. The van der Waals surface area contributed by atoms with Crippen molar-refractivity contribution >= 4 is 40.3 Å². The summed E-state index contributed by atoms with van der Waals surface area (Å²) < 4.78 is 0. The highest BCUT2D eigenvalue weighted by Gasteiger charge is 2.35. The Morgan fingerprint density at radius 2 is 1.93 bits per heavy atom. The molecule has 5 heteroatoms. The second-order valence-electron chi connectivity index (χ2n) is 8.68. The second-order valence-corrected chi connectivity index (χ2v) is 9.69. The number of anilines is 1. The maximum Gasteiger partial charge on any atom is 0.266 e. The zero-order chi connectivity index (χ0) is 21.5. The molecule has 2 aromatic rings. The number of amidine groups is 1. The molecule has 0 spiro atoms. The van der Waals surface area contributed by atoms with Gasteiger partial charge in [-0.2, -0.15) is 0 Å². The van der Waals surface area contributed by atoms with Crippen molar-refractivity contribution in [2.45, 2.75) is 45.6 Å². The molecule has 4 rings (SSSR count). The van der Waals surface area contributed by atoms with Crippen molar-refractivity contribution in [2.75, 3.05) is 18.5 Å². The highest BCUT2D eigenvalue weighted by atomic mass is 32.2. The lowest BCUT2D eigenvalue weighted by molar-refractivity contribution is -0.122. The maximum atomic E-state index is 13.0. The number of rotatable bonds is 3. The van der Waals surface area contributed by atoms with E-state index in [1.165, 1.54) is 23.0 Å². The summed E-state index contributed by atoms with van der Waals surface area (Å²) in [6, 6.07) is 16.4. The summed E-state index contributed by atoms with van der Waals surface area (Å²) in [6.45, 7) is 9.48. The van der Waals surface area contributed by atoms with Crippen LogP contribution in [-0.2, 0) is 4.79 Å². The van der Waals surface area contributed by atoms with Crippen molar-refractivity contribution in [2.24, 2.45) is 4.99 Å². The van der Waals surface area contributed by atoms with E-state index in [9.17, 15) is 4.79 Å². The van der Waals surface area contributed by atoms with E-state index in [0.29, 0.717) is 12.5 Å². The lowest BCUT2D eigenvalue weighted by Crippen LogP contribution is -2.45. The quantitative estimate of drug-likeness (QED) is 0.570. The molecule has 2 heterocycles. The van der Waals surface area contributed by atoms with Crippen LogP contribution in [-0.4, -0.2) is 35.1 Å². The van der Waals surface area contributed by atoms with Crippen molar-refractivity contribution in [3.8, 4) is 0 Å². The Balaban J connectivity index is 1.66. The first kappa shape index (κ1) is 20.7. The van der Waals surface area contributed by atoms with Gasteiger partial charge in [0.15, 0.2) is 5.17 Å². The van der Waals surface area contributed by atoms with Gasteiger partial charge in [-0.3, -0.25) is 9.69 Å². The van der Waals surface area contributed by atoms with Crippen molar-refractivity contribution in [3.05, 3.63) is 64.6 Å². The molecule has 0 saturated carbocycles. The number of aliphatic imine (C=N–C) groups is 1. The molecule has 2 aromatic carbocycles. The van der Waals surface area contributed by atoms with Crippen molar-refractivity contribution in [1.82, 2.24) is 4.90 Å². The molecule has 1 amide bonds. The van der Waals surface area contributed by atoms with Crippen molar-refractivity contribution in [3.63, 3.8) is 0 Å². The second kappa shape index (κ2) is 7.95. The summed E-state index contributed by atoms with van der Waals surface area (Å²) in [5, 5.41) is 0.743. The Kier molecular flexibility index (Phi) is 5.49. The number of thioether (sulfide) groups is 1. The number of likely N-dealkylation sites (N-methyl/N-ethyl adjacent to an activating group) is 1. The number of hydrogen-bond acceptors (Lipinski definition) is 4. The van der Waals surface area contributed by atoms with E-state index in [-0.39, 0.29) is 11.4 Å². The first-order valence-corrected chi connectivity index (χ1v) is 11.3. The summed E-state index contributed by atoms with van der Waals surface area (Å²) in [4.78, 5) is 22.5. The third-order valence-corrected chi connectivity index (χ3v) is 7.15. The van der Waals surface area contributed by atoms with Gasteiger partial charge in [0.1, 0.15) is 0 Å². The number of para-hydroxylation sites is 1. The molecule has 30 heavy (non-hydrogen) atoms. The smallest absolute Gasteiger partial charge is 0.266 e. The van der Waals surface area contributed by atoms with Gasteiger partial charge >= 0.3 is 0 Å². The molecule has 0 aliphatic carbocycles. The molecule has 4 nitrogen and oxygen atoms in total. The zero-order valence-electron chi connectivity index (χ0n) is 18.3. The summed E-state index contributed by atoms with van der Waals surface area (Å²) >= 11 is 1.46. The Morgan fingerprint density at radius 3 is 2.63 bits per heavy atom. The van der Waals surface area contributed by atoms with Crippen LogP contribution in [0.15, 0.2) is 58.4 Å². The van der Waals surface area contributed by atoms with E-state index in [1.807, 2.05) is 43.3 Å². The summed E-state index contributed by atoms with van der Waals surface area (Å²) in [6.07, 6.45) is 3.12. The van der Waals surface area contributed by atoms with Gasteiger partial charge in [-0.1, -0.05) is 31.2 Å². The topological polar surface area (TPSA) is 35.9 Å². The minimum absolute atomic E-state index is 0.0289. The predicted molar refractivity (Wildman–Crippen MR) is 128 cm³/mol. The lowest BCUT2D eigenvalue weighted by Gasteiger charge is -2.45. The van der Waals surface area contributed by atoms with E-state index in [2.05, 4.69) is 50.9 Å². The van der Waals surface area contributed by atoms with E-state index in [1.54, 1.807) is 4.90 Å². The van der Waals surface area contributed by atoms with Gasteiger partial charge in [-0.25, -0.2) is 4.99 Å². The number of carbonyl (C=O) groups excluding carboxylic acids is 1. The molecule has 2 aliphatic heterocycles. The summed E-state index contributed by atoms with van der Waals surface area (Å²) in [7, 11) is 2.17. The average Bonchev–Trinajstić information content (AvgIpc) is 3.01. The van der Waals surface area contributed by atoms with Crippen LogP contribution < -0.4 is 4.90 Å². The van der Waals surface area contributed by atoms with Gasteiger partial charge in [0.25, 0.3) is 5.91 Å². The standard InChI is InChI=1S/C25H29N3OS/c1-6-28-23(29)22(30-24(28)26-19-10-8-7-9-11-19)15-18-12-13-21-20(14-18)17(2)16-25(3,4)27(21)5/h7-15,17H,6,16H2,1-5H3/b22-15-,26-24?. The first-order chi connectivity index (χ1) is 14.3. The molecule has 2 aliphatic rings. The fourth-order valence-corrected chi connectivity index (χ4v) is 5.38. The predicted octanol–water partition coefficient (Wildman–Crippen LogP) is 6.03. The summed E-state index contributed by atoms with van der Waals surface area (Å²) in [5.74, 6) is 0.514. The van der Waals surface area contributed by atoms with Crippen LogP contribution >= 0.6 is 11.8 Å². The van der Waals surface area contributed by atoms with Crippen molar-refractivity contribution in [1.29, 1.82) is 0 Å². The molecule has 1 unspecified atom stereocenters. The normalized spacial score (nSPS) is 23.4. The zero-order valence-corrected chi connectivity index (χ0v) is 19.2. The SMILES string of the molecule is CCN1C(=O)/C(=C/c2ccc3c(c2)C(C)CC(C)(C)N3C)SC1=Nc1ccccc1. The molecule has 0 aromatic heterocycles. The molecule has 0 N–H and O–H groups in total. The van der Waals surface area contributed by atoms with Gasteiger partial charge in [0, 0.05) is 24.8 Å². The van der Waals surface area contributed by atoms with Gasteiger partial charge in [-0.05, 0) is 86.3 Å². The number of carbonyl (C=O) groups is 1. The van der Waals surface area contributed by atoms with Crippen LogP contribution in [0, 0.1) is 0 Å². The number of nitrogens with zero attached hydrogens (tertiary/aromatic N) is 3. The minimum atomic E-state index is 0.0289. The van der Waals surface area contributed by atoms with Crippen LogP contribution in [0.1, 0.15) is 51.2 Å². The maximum absolute atomic E-state index is 13.0. The molecule has 1 fully saturated rings. The van der Waals surface area contributed by atoms with Gasteiger partial charge in [0.2, 0.25) is 0 Å². The van der Waals surface area contributed by atoms with Crippen LogP contribution in [0.5, 0.6) is 0 Å². The minimum Gasteiger partial charge on any atom is -0.369 e. The molecule has 1 atom stereocenters. The highest BCUT2D eigenvalue weighted by Crippen LogP contribution is 2.43. The Morgan fingerprint density at radius 1 is 1.20 bits per heavy atom. The van der Waals surface area contributed by atoms with E-state index >= 15 is 0 Å². The molecule has 156 valence electrons. The largest absolute Gasteiger partial charge is 0.369 e. The number of fused-ring (bicyclic) bond motifs is 1. The lowest BCUT2D eigenvalue weighted by atomic mass is 9.80. The van der Waals surface area contributed by atoms with E-state index in [0.717, 1.165) is 27.7 Å². The Bertz CT molecular complexity index is 1030.